The average Bonchev–Trinajstić information content (AvgIpc) is 3.10. The van der Waals surface area contributed by atoms with Gasteiger partial charge in [0.05, 0.1) is 0 Å². The maximum absolute atomic E-state index is 13.1. The van der Waals surface area contributed by atoms with Crippen molar-refractivity contribution in [3.05, 3.63) is 89.2 Å². The van der Waals surface area contributed by atoms with Gasteiger partial charge in [0, 0.05) is 17.7 Å². The molecule has 0 saturated heterocycles. The molecule has 0 bridgehead atoms. The molecule has 1 N–H and O–H groups in total. The molecule has 1 heterocycles. The van der Waals surface area contributed by atoms with E-state index in [1.54, 1.807) is 24.3 Å². The summed E-state index contributed by atoms with van der Waals surface area (Å²) >= 11 is 0. The fourth-order valence-corrected chi connectivity index (χ4v) is 2.79. The highest BCUT2D eigenvalue weighted by molar-refractivity contribution is 5.94. The van der Waals surface area contributed by atoms with Crippen molar-refractivity contribution < 1.29 is 13.6 Å². The predicted molar refractivity (Wildman–Crippen MR) is 102 cm³/mol. The van der Waals surface area contributed by atoms with Gasteiger partial charge in [-0.2, -0.15) is 0 Å². The molecule has 0 radical (unpaired) electrons. The summed E-state index contributed by atoms with van der Waals surface area (Å²) in [6.45, 7) is 2.37. The average molecular weight is 360 g/mol. The van der Waals surface area contributed by atoms with E-state index in [1.165, 1.54) is 12.1 Å². The van der Waals surface area contributed by atoms with Crippen molar-refractivity contribution in [3.63, 3.8) is 0 Å². The summed E-state index contributed by atoms with van der Waals surface area (Å²) < 4.78 is 18.8. The second kappa shape index (κ2) is 7.03. The molecule has 27 heavy (non-hydrogen) atoms. The molecule has 3 aromatic carbocycles. The highest BCUT2D eigenvalue weighted by Gasteiger charge is 2.10. The number of rotatable bonds is 4. The lowest BCUT2D eigenvalue weighted by molar-refractivity contribution is 0.0951. The molecule has 0 aliphatic carbocycles. The SMILES string of the molecule is Cc1ccc(C(=O)NCc2ccc3oc(-c4ccc(F)cc4)nc3c2)cc1. The maximum atomic E-state index is 13.1. The topological polar surface area (TPSA) is 55.1 Å². The van der Waals surface area contributed by atoms with Crippen LogP contribution in [-0.4, -0.2) is 10.9 Å². The van der Waals surface area contributed by atoms with Gasteiger partial charge in [-0.3, -0.25) is 4.79 Å². The van der Waals surface area contributed by atoms with Crippen molar-refractivity contribution >= 4 is 17.0 Å². The molecule has 0 spiro atoms. The highest BCUT2D eigenvalue weighted by atomic mass is 19.1. The van der Waals surface area contributed by atoms with Crippen molar-refractivity contribution in [1.82, 2.24) is 10.3 Å². The number of hydrogen-bond acceptors (Lipinski definition) is 3. The Balaban J connectivity index is 1.50. The van der Waals surface area contributed by atoms with Crippen LogP contribution in [0.1, 0.15) is 21.5 Å². The minimum absolute atomic E-state index is 0.123. The fourth-order valence-electron chi connectivity index (χ4n) is 2.79. The Bertz CT molecular complexity index is 1100. The third kappa shape index (κ3) is 3.72. The third-order valence-electron chi connectivity index (χ3n) is 4.31. The Morgan fingerprint density at radius 2 is 1.78 bits per heavy atom. The molecule has 4 aromatic rings. The van der Waals surface area contributed by atoms with Crippen LogP contribution in [0.25, 0.3) is 22.6 Å². The zero-order valence-electron chi connectivity index (χ0n) is 14.7. The lowest BCUT2D eigenvalue weighted by atomic mass is 10.1. The molecule has 0 fully saturated rings. The van der Waals surface area contributed by atoms with Crippen LogP contribution in [0.3, 0.4) is 0 Å². The van der Waals surface area contributed by atoms with Gasteiger partial charge in [0.15, 0.2) is 5.58 Å². The number of hydrogen-bond donors (Lipinski definition) is 1. The predicted octanol–water partition coefficient (Wildman–Crippen LogP) is 4.87. The van der Waals surface area contributed by atoms with E-state index in [1.807, 2.05) is 37.3 Å². The van der Waals surface area contributed by atoms with Crippen molar-refractivity contribution in [1.29, 1.82) is 0 Å². The fraction of sp³-hybridized carbons (Fsp3) is 0.0909. The van der Waals surface area contributed by atoms with Crippen LogP contribution in [0.2, 0.25) is 0 Å². The van der Waals surface area contributed by atoms with Crippen molar-refractivity contribution in [2.75, 3.05) is 0 Å². The molecule has 4 nitrogen and oxygen atoms in total. The number of nitrogens with zero attached hydrogens (tertiary/aromatic N) is 1. The largest absolute Gasteiger partial charge is 0.436 e. The van der Waals surface area contributed by atoms with Crippen LogP contribution in [0, 0.1) is 12.7 Å². The number of carbonyl (C=O) groups is 1. The van der Waals surface area contributed by atoms with Crippen molar-refractivity contribution in [3.8, 4) is 11.5 Å². The molecule has 4 rings (SSSR count). The van der Waals surface area contributed by atoms with Gasteiger partial charge in [-0.1, -0.05) is 23.8 Å². The Labute approximate surface area is 155 Å². The van der Waals surface area contributed by atoms with Crippen molar-refractivity contribution in [2.45, 2.75) is 13.5 Å². The summed E-state index contributed by atoms with van der Waals surface area (Å²) in [6, 6.07) is 19.0. The number of aromatic nitrogens is 1. The summed E-state index contributed by atoms with van der Waals surface area (Å²) in [4.78, 5) is 16.7. The Morgan fingerprint density at radius 3 is 2.52 bits per heavy atom. The van der Waals surface area contributed by atoms with Gasteiger partial charge in [-0.15, -0.1) is 0 Å². The summed E-state index contributed by atoms with van der Waals surface area (Å²) in [7, 11) is 0. The first kappa shape index (κ1) is 17.0. The number of benzene rings is 3. The summed E-state index contributed by atoms with van der Waals surface area (Å²) in [5, 5.41) is 2.91. The van der Waals surface area contributed by atoms with Crippen LogP contribution in [0.5, 0.6) is 0 Å². The minimum atomic E-state index is -0.304. The van der Waals surface area contributed by atoms with Gasteiger partial charge in [0.2, 0.25) is 5.89 Å². The van der Waals surface area contributed by atoms with Gasteiger partial charge in [-0.05, 0) is 61.0 Å². The number of carbonyl (C=O) groups excluding carboxylic acids is 1. The molecule has 1 aromatic heterocycles. The first-order valence-corrected chi connectivity index (χ1v) is 8.59. The molecular weight excluding hydrogens is 343 g/mol. The first-order valence-electron chi connectivity index (χ1n) is 8.59. The van der Waals surface area contributed by atoms with Crippen LogP contribution in [0.4, 0.5) is 4.39 Å². The van der Waals surface area contributed by atoms with Gasteiger partial charge >= 0.3 is 0 Å². The van der Waals surface area contributed by atoms with E-state index in [-0.39, 0.29) is 11.7 Å². The van der Waals surface area contributed by atoms with E-state index in [0.29, 0.717) is 34.7 Å². The van der Waals surface area contributed by atoms with Gasteiger partial charge < -0.3 is 9.73 Å². The van der Waals surface area contributed by atoms with Crippen molar-refractivity contribution in [2.24, 2.45) is 0 Å². The molecule has 0 atom stereocenters. The quantitative estimate of drug-likeness (QED) is 0.565. The standard InChI is InChI=1S/C22H17FN2O2/c1-14-2-5-16(6-3-14)21(26)24-13-15-4-11-20-19(12-15)25-22(27-20)17-7-9-18(23)10-8-17/h2-12H,13H2,1H3,(H,24,26). The number of oxazole rings is 1. The molecule has 0 saturated carbocycles. The summed E-state index contributed by atoms with van der Waals surface area (Å²) in [5.74, 6) is 0.00885. The summed E-state index contributed by atoms with van der Waals surface area (Å²) in [6.07, 6.45) is 0. The Hall–Kier alpha value is -3.47. The number of halogens is 1. The van der Waals surface area contributed by atoms with Gasteiger partial charge in [0.1, 0.15) is 11.3 Å². The molecule has 0 aliphatic rings. The van der Waals surface area contributed by atoms with Gasteiger partial charge in [0.25, 0.3) is 5.91 Å². The molecule has 5 heteroatoms. The van der Waals surface area contributed by atoms with Crippen LogP contribution in [0.15, 0.2) is 71.1 Å². The second-order valence-electron chi connectivity index (χ2n) is 6.38. The van der Waals surface area contributed by atoms with E-state index in [0.717, 1.165) is 11.1 Å². The zero-order valence-corrected chi connectivity index (χ0v) is 14.7. The molecule has 134 valence electrons. The number of aryl methyl sites for hydroxylation is 1. The Morgan fingerprint density at radius 1 is 1.04 bits per heavy atom. The highest BCUT2D eigenvalue weighted by Crippen LogP contribution is 2.25. The normalized spacial score (nSPS) is 10.9. The van der Waals surface area contributed by atoms with E-state index in [2.05, 4.69) is 10.3 Å². The van der Waals surface area contributed by atoms with Gasteiger partial charge in [-0.25, -0.2) is 9.37 Å². The van der Waals surface area contributed by atoms with Crippen LogP contribution < -0.4 is 5.32 Å². The van der Waals surface area contributed by atoms with E-state index in [9.17, 15) is 9.18 Å². The lowest BCUT2D eigenvalue weighted by Gasteiger charge is -2.05. The number of amides is 1. The molecule has 1 amide bonds. The molecule has 0 aliphatic heterocycles. The number of nitrogens with one attached hydrogen (secondary N) is 1. The molecule has 0 unspecified atom stereocenters. The minimum Gasteiger partial charge on any atom is -0.436 e. The third-order valence-corrected chi connectivity index (χ3v) is 4.31. The zero-order chi connectivity index (χ0) is 18.8. The first-order chi connectivity index (χ1) is 13.1. The van der Waals surface area contributed by atoms with E-state index >= 15 is 0 Å². The van der Waals surface area contributed by atoms with Crippen LogP contribution in [-0.2, 0) is 6.54 Å². The lowest BCUT2D eigenvalue weighted by Crippen LogP contribution is -2.22. The van der Waals surface area contributed by atoms with E-state index in [4.69, 9.17) is 4.42 Å². The maximum Gasteiger partial charge on any atom is 0.251 e. The molecular formula is C22H17FN2O2. The van der Waals surface area contributed by atoms with Crippen LogP contribution >= 0.6 is 0 Å². The monoisotopic (exact) mass is 360 g/mol. The van der Waals surface area contributed by atoms with E-state index < -0.39 is 0 Å². The Kier molecular flexibility index (Phi) is 4.42. The second-order valence-corrected chi connectivity index (χ2v) is 6.38. The summed E-state index contributed by atoms with van der Waals surface area (Å²) in [5.41, 5.74) is 4.70. The smallest absolute Gasteiger partial charge is 0.251 e. The number of fused-ring (bicyclic) bond motifs is 1.